The van der Waals surface area contributed by atoms with Crippen LogP contribution in [0.25, 0.3) is 0 Å². The summed E-state index contributed by atoms with van der Waals surface area (Å²) in [4.78, 5) is 52.8. The van der Waals surface area contributed by atoms with Crippen molar-refractivity contribution in [1.82, 2.24) is 15.4 Å². The Hall–Kier alpha value is -1.79. The van der Waals surface area contributed by atoms with Gasteiger partial charge in [-0.3, -0.25) is 14.4 Å². The average Bonchev–Trinajstić information content (AvgIpc) is 2.88. The molecule has 0 bridgehead atoms. The van der Waals surface area contributed by atoms with Gasteiger partial charge in [-0.05, 0) is 122 Å². The molecule has 0 aromatic carbocycles. The zero-order chi connectivity index (χ0) is 37.0. The molecule has 3 saturated heterocycles. The molecule has 4 rings (SSSR count). The van der Waals surface area contributed by atoms with Crippen molar-refractivity contribution in [2.75, 3.05) is 14.2 Å². The van der Waals surface area contributed by atoms with E-state index in [1.165, 1.54) is 0 Å². The van der Waals surface area contributed by atoms with Gasteiger partial charge in [0.2, 0.25) is 0 Å². The maximum atomic E-state index is 13.8. The number of carbonyl (C=O) groups is 3. The first kappa shape index (κ1) is 40.0. The van der Waals surface area contributed by atoms with Crippen LogP contribution in [0, 0.1) is 17.8 Å². The molecule has 3 aliphatic heterocycles. The van der Waals surface area contributed by atoms with Gasteiger partial charge in [-0.25, -0.2) is 0 Å². The summed E-state index contributed by atoms with van der Waals surface area (Å²) in [7, 11) is 3.34. The SMILES string of the molecule is CON1C(C)(C)CC(C(=O)OC2CC(OC(=O)C3CC(C)(C)NC(C)(C)C3)CC(OC(=O)C3CC(C)(C)N(OC)C(C)(C)C3)C2)CC1(C)C. The number of rotatable bonds is 8. The number of nitrogens with zero attached hydrogens (tertiary/aromatic N) is 2. The van der Waals surface area contributed by atoms with E-state index in [4.69, 9.17) is 23.9 Å². The molecular weight excluding hydrogens is 626 g/mol. The van der Waals surface area contributed by atoms with E-state index in [1.807, 2.05) is 10.1 Å². The molecular formula is C38H67N3O8. The van der Waals surface area contributed by atoms with Gasteiger partial charge in [0.1, 0.15) is 18.3 Å². The molecule has 11 nitrogen and oxygen atoms in total. The van der Waals surface area contributed by atoms with Crippen molar-refractivity contribution >= 4 is 17.9 Å². The number of hydroxylamine groups is 4. The van der Waals surface area contributed by atoms with Gasteiger partial charge in [0.25, 0.3) is 0 Å². The van der Waals surface area contributed by atoms with Crippen LogP contribution in [-0.4, -0.2) is 93.8 Å². The molecule has 0 spiro atoms. The number of esters is 3. The molecule has 2 unspecified atom stereocenters. The molecule has 4 fully saturated rings. The molecule has 0 aromatic rings. The van der Waals surface area contributed by atoms with Gasteiger partial charge in [-0.15, -0.1) is 0 Å². The predicted molar refractivity (Wildman–Crippen MR) is 187 cm³/mol. The van der Waals surface area contributed by atoms with Crippen LogP contribution in [0.1, 0.15) is 141 Å². The molecule has 282 valence electrons. The highest BCUT2D eigenvalue weighted by Crippen LogP contribution is 2.44. The smallest absolute Gasteiger partial charge is 0.309 e. The van der Waals surface area contributed by atoms with Crippen LogP contribution in [0.5, 0.6) is 0 Å². The maximum absolute atomic E-state index is 13.8. The highest BCUT2D eigenvalue weighted by molar-refractivity contribution is 5.74. The van der Waals surface area contributed by atoms with E-state index >= 15 is 0 Å². The average molecular weight is 694 g/mol. The summed E-state index contributed by atoms with van der Waals surface area (Å²) in [5, 5.41) is 7.57. The van der Waals surface area contributed by atoms with Crippen molar-refractivity contribution in [1.29, 1.82) is 0 Å². The van der Waals surface area contributed by atoms with Crippen LogP contribution in [0.4, 0.5) is 0 Å². The van der Waals surface area contributed by atoms with E-state index in [0.717, 1.165) is 0 Å². The van der Waals surface area contributed by atoms with E-state index in [0.29, 0.717) is 57.8 Å². The summed E-state index contributed by atoms with van der Waals surface area (Å²) in [5.41, 5.74) is -1.93. The minimum Gasteiger partial charge on any atom is -0.462 e. The zero-order valence-electron chi connectivity index (χ0n) is 33.0. The van der Waals surface area contributed by atoms with E-state index in [-0.39, 0.29) is 68.9 Å². The van der Waals surface area contributed by atoms with Gasteiger partial charge in [0, 0.05) is 52.5 Å². The first-order valence-electron chi connectivity index (χ1n) is 18.4. The maximum Gasteiger partial charge on any atom is 0.309 e. The Labute approximate surface area is 295 Å². The lowest BCUT2D eigenvalue weighted by molar-refractivity contribution is -0.273. The molecule has 0 aromatic heterocycles. The third kappa shape index (κ3) is 9.36. The number of hydrogen-bond acceptors (Lipinski definition) is 11. The lowest BCUT2D eigenvalue weighted by Crippen LogP contribution is -2.61. The summed E-state index contributed by atoms with van der Waals surface area (Å²) in [6.07, 6.45) is 3.14. The van der Waals surface area contributed by atoms with E-state index < -0.39 is 18.3 Å². The molecule has 2 atom stereocenters. The fourth-order valence-electron chi connectivity index (χ4n) is 10.6. The second-order valence-electron chi connectivity index (χ2n) is 19.3. The molecule has 49 heavy (non-hydrogen) atoms. The van der Waals surface area contributed by atoms with E-state index in [9.17, 15) is 14.4 Å². The summed E-state index contributed by atoms with van der Waals surface area (Å²) in [6.45, 7) is 25.0. The van der Waals surface area contributed by atoms with Gasteiger partial charge >= 0.3 is 17.9 Å². The van der Waals surface area contributed by atoms with Crippen molar-refractivity contribution < 1.29 is 38.3 Å². The summed E-state index contributed by atoms with van der Waals surface area (Å²) in [6, 6.07) is 0. The molecule has 1 N–H and O–H groups in total. The Morgan fingerprint density at radius 1 is 0.469 bits per heavy atom. The van der Waals surface area contributed by atoms with Crippen molar-refractivity contribution in [3.63, 3.8) is 0 Å². The van der Waals surface area contributed by atoms with Crippen molar-refractivity contribution in [3.8, 4) is 0 Å². The fourth-order valence-corrected chi connectivity index (χ4v) is 10.6. The standard InChI is InChI=1S/C38H67N3O8/c1-33(2)18-24(19-34(3,4)39-33)30(42)47-27-15-28(48-31(43)25-20-35(5,6)40(45-13)36(7,8)21-25)17-29(16-27)49-32(44)26-22-37(9,10)41(46-14)38(11,12)23-26/h24-29,39H,15-23H2,1-14H3. The lowest BCUT2D eigenvalue weighted by atomic mass is 9.75. The van der Waals surface area contributed by atoms with Crippen LogP contribution < -0.4 is 5.32 Å². The number of piperidine rings is 3. The molecule has 1 aliphatic carbocycles. The Morgan fingerprint density at radius 3 is 0.959 bits per heavy atom. The number of hydrogen-bond donors (Lipinski definition) is 1. The van der Waals surface area contributed by atoms with Crippen molar-refractivity contribution in [2.45, 2.75) is 192 Å². The highest BCUT2D eigenvalue weighted by Gasteiger charge is 2.51. The number of nitrogens with one attached hydrogen (secondary N) is 1. The van der Waals surface area contributed by atoms with Crippen LogP contribution in [0.3, 0.4) is 0 Å². The van der Waals surface area contributed by atoms with Gasteiger partial charge in [0.15, 0.2) is 0 Å². The quantitative estimate of drug-likeness (QED) is 0.234. The van der Waals surface area contributed by atoms with Crippen LogP contribution >= 0.6 is 0 Å². The number of ether oxygens (including phenoxy) is 3. The normalized spacial score (nSPS) is 31.8. The fraction of sp³-hybridized carbons (Fsp3) is 0.921. The largest absolute Gasteiger partial charge is 0.462 e. The minimum absolute atomic E-state index is 0.214. The molecule has 3 heterocycles. The van der Waals surface area contributed by atoms with Gasteiger partial charge < -0.3 is 29.2 Å². The summed E-state index contributed by atoms with van der Waals surface area (Å²) < 4.78 is 18.7. The van der Waals surface area contributed by atoms with Crippen LogP contribution in [0.15, 0.2) is 0 Å². The first-order valence-corrected chi connectivity index (χ1v) is 18.4. The molecule has 1 saturated carbocycles. The Morgan fingerprint density at radius 2 is 0.714 bits per heavy atom. The molecule has 4 aliphatic rings. The van der Waals surface area contributed by atoms with Crippen molar-refractivity contribution in [2.24, 2.45) is 17.8 Å². The lowest BCUT2D eigenvalue weighted by Gasteiger charge is -2.53. The van der Waals surface area contributed by atoms with E-state index in [1.54, 1.807) is 14.2 Å². The summed E-state index contributed by atoms with van der Waals surface area (Å²) in [5.74, 6) is -1.69. The number of carbonyl (C=O) groups excluding carboxylic acids is 3. The second-order valence-corrected chi connectivity index (χ2v) is 19.3. The Balaban J connectivity index is 1.51. The van der Waals surface area contributed by atoms with Crippen molar-refractivity contribution in [3.05, 3.63) is 0 Å². The van der Waals surface area contributed by atoms with Gasteiger partial charge in [-0.2, -0.15) is 10.1 Å². The minimum atomic E-state index is -0.548. The highest BCUT2D eigenvalue weighted by atomic mass is 16.7. The first-order chi connectivity index (χ1) is 22.3. The molecule has 11 heteroatoms. The van der Waals surface area contributed by atoms with Gasteiger partial charge in [0.05, 0.1) is 32.0 Å². The molecule has 0 amide bonds. The third-order valence-electron chi connectivity index (χ3n) is 11.2. The monoisotopic (exact) mass is 693 g/mol. The third-order valence-corrected chi connectivity index (χ3v) is 11.2. The zero-order valence-corrected chi connectivity index (χ0v) is 33.0. The van der Waals surface area contributed by atoms with Crippen LogP contribution in [-0.2, 0) is 38.3 Å². The topological polar surface area (TPSA) is 116 Å². The van der Waals surface area contributed by atoms with Gasteiger partial charge in [-0.1, -0.05) is 0 Å². The van der Waals surface area contributed by atoms with Crippen LogP contribution in [0.2, 0.25) is 0 Å². The summed E-state index contributed by atoms with van der Waals surface area (Å²) >= 11 is 0. The second kappa shape index (κ2) is 14.0. The Kier molecular flexibility index (Phi) is 11.4. The van der Waals surface area contributed by atoms with E-state index in [2.05, 4.69) is 88.4 Å². The Bertz CT molecular complexity index is 1110. The molecule has 0 radical (unpaired) electrons. The predicted octanol–water partition coefficient (Wildman–Crippen LogP) is 6.12.